The number of nitrogens with zero attached hydrogens (tertiary/aromatic N) is 3. The van der Waals surface area contributed by atoms with Gasteiger partial charge in [-0.1, -0.05) is 18.6 Å². The highest BCUT2D eigenvalue weighted by Gasteiger charge is 2.42. The zero-order valence-electron chi connectivity index (χ0n) is 16.8. The number of aliphatic imine (C=N–C) groups is 2. The lowest BCUT2D eigenvalue weighted by atomic mass is 9.87. The summed E-state index contributed by atoms with van der Waals surface area (Å²) >= 11 is 0. The van der Waals surface area contributed by atoms with Crippen LogP contribution in [0.2, 0.25) is 0 Å². The van der Waals surface area contributed by atoms with Crippen LogP contribution in [0, 0.1) is 5.82 Å². The maximum absolute atomic E-state index is 14.0. The molecule has 0 amide bonds. The fourth-order valence-corrected chi connectivity index (χ4v) is 4.29. The summed E-state index contributed by atoms with van der Waals surface area (Å²) in [6, 6.07) is 11.7. The van der Waals surface area contributed by atoms with Crippen molar-refractivity contribution in [1.82, 2.24) is 0 Å². The number of esters is 1. The van der Waals surface area contributed by atoms with Gasteiger partial charge < -0.3 is 16.2 Å². The van der Waals surface area contributed by atoms with Crippen LogP contribution in [0.5, 0.6) is 0 Å². The summed E-state index contributed by atoms with van der Waals surface area (Å²) in [7, 11) is 1.27. The van der Waals surface area contributed by atoms with E-state index in [-0.39, 0.29) is 11.5 Å². The second-order valence-corrected chi connectivity index (χ2v) is 7.59. The molecule has 2 aliphatic rings. The van der Waals surface area contributed by atoms with Crippen molar-refractivity contribution >= 4 is 23.6 Å². The largest absolute Gasteiger partial charge is 0.465 e. The standard InChI is InChI=1S/C22H24FN5O2/c1-30-19(29)16-11-15(12-17(23)13-16)14-5-7-18(8-6-14)28-21(25)26-20(24)27-22(28)9-3-2-4-10-22/h5-8,11-13H,2-4,9-10H2,1H3,(H4,24,25,26,27). The molecule has 0 atom stereocenters. The van der Waals surface area contributed by atoms with Crippen LogP contribution in [0.15, 0.2) is 52.4 Å². The Morgan fingerprint density at radius 3 is 2.43 bits per heavy atom. The highest BCUT2D eigenvalue weighted by Crippen LogP contribution is 2.39. The van der Waals surface area contributed by atoms with E-state index in [0.29, 0.717) is 11.5 Å². The lowest BCUT2D eigenvalue weighted by molar-refractivity contribution is 0.0600. The Hall–Kier alpha value is -3.42. The summed E-state index contributed by atoms with van der Waals surface area (Å²) in [5.41, 5.74) is 14.0. The maximum atomic E-state index is 14.0. The summed E-state index contributed by atoms with van der Waals surface area (Å²) in [4.78, 5) is 22.6. The van der Waals surface area contributed by atoms with Gasteiger partial charge in [0.1, 0.15) is 11.5 Å². The van der Waals surface area contributed by atoms with E-state index in [4.69, 9.17) is 16.2 Å². The quantitative estimate of drug-likeness (QED) is 0.756. The third-order valence-corrected chi connectivity index (χ3v) is 5.63. The molecule has 1 heterocycles. The fourth-order valence-electron chi connectivity index (χ4n) is 4.29. The first-order valence-corrected chi connectivity index (χ1v) is 9.91. The number of benzene rings is 2. The Kier molecular flexibility index (Phi) is 5.15. The number of halogens is 1. The van der Waals surface area contributed by atoms with Crippen molar-refractivity contribution < 1.29 is 13.9 Å². The number of nitrogens with two attached hydrogens (primary N) is 2. The van der Waals surface area contributed by atoms with Gasteiger partial charge in [0.05, 0.1) is 12.7 Å². The predicted molar refractivity (Wildman–Crippen MR) is 115 cm³/mol. The van der Waals surface area contributed by atoms with Crippen LogP contribution >= 0.6 is 0 Å². The van der Waals surface area contributed by atoms with E-state index in [1.165, 1.54) is 13.2 Å². The van der Waals surface area contributed by atoms with E-state index in [2.05, 4.69) is 9.98 Å². The zero-order chi connectivity index (χ0) is 21.3. The molecule has 0 bridgehead atoms. The molecule has 1 spiro atoms. The normalized spacial score (nSPS) is 18.0. The number of carbonyl (C=O) groups excluding carboxylic acids is 1. The molecule has 1 saturated carbocycles. The van der Waals surface area contributed by atoms with Crippen molar-refractivity contribution in [2.45, 2.75) is 37.8 Å². The number of ether oxygens (including phenoxy) is 1. The van der Waals surface area contributed by atoms with Crippen molar-refractivity contribution in [2.75, 3.05) is 12.0 Å². The van der Waals surface area contributed by atoms with Crippen molar-refractivity contribution in [2.24, 2.45) is 21.5 Å². The van der Waals surface area contributed by atoms with Gasteiger partial charge >= 0.3 is 5.97 Å². The molecular formula is C22H24FN5O2. The Labute approximate surface area is 174 Å². The number of hydrogen-bond acceptors (Lipinski definition) is 7. The molecule has 156 valence electrons. The van der Waals surface area contributed by atoms with Gasteiger partial charge in [-0.2, -0.15) is 4.99 Å². The molecule has 30 heavy (non-hydrogen) atoms. The number of guanidine groups is 2. The van der Waals surface area contributed by atoms with Crippen LogP contribution in [0.25, 0.3) is 11.1 Å². The molecule has 2 aromatic rings. The van der Waals surface area contributed by atoms with Crippen LogP contribution in [0.1, 0.15) is 42.5 Å². The number of methoxy groups -OCH3 is 1. The van der Waals surface area contributed by atoms with Crippen LogP contribution < -0.4 is 16.4 Å². The number of anilines is 1. The van der Waals surface area contributed by atoms with E-state index in [1.807, 2.05) is 29.2 Å². The first-order valence-electron chi connectivity index (χ1n) is 9.91. The van der Waals surface area contributed by atoms with E-state index < -0.39 is 17.4 Å². The monoisotopic (exact) mass is 409 g/mol. The van der Waals surface area contributed by atoms with Gasteiger partial charge in [-0.15, -0.1) is 0 Å². The Balaban J connectivity index is 1.69. The molecule has 2 aromatic carbocycles. The second-order valence-electron chi connectivity index (χ2n) is 7.59. The molecule has 7 nitrogen and oxygen atoms in total. The number of carbonyl (C=O) groups is 1. The Bertz CT molecular complexity index is 1030. The molecule has 1 fully saturated rings. The average Bonchev–Trinajstić information content (AvgIpc) is 2.73. The topological polar surface area (TPSA) is 106 Å². The van der Waals surface area contributed by atoms with Gasteiger partial charge in [0.25, 0.3) is 0 Å². The molecular weight excluding hydrogens is 385 g/mol. The summed E-state index contributed by atoms with van der Waals surface area (Å²) in [5, 5.41) is 0. The van der Waals surface area contributed by atoms with Gasteiger partial charge in [-0.3, -0.25) is 4.90 Å². The molecule has 1 aliphatic carbocycles. The first-order chi connectivity index (χ1) is 14.4. The van der Waals surface area contributed by atoms with Crippen LogP contribution in [0.4, 0.5) is 10.1 Å². The second kappa shape index (κ2) is 7.78. The zero-order valence-corrected chi connectivity index (χ0v) is 16.8. The highest BCUT2D eigenvalue weighted by molar-refractivity contribution is 6.05. The van der Waals surface area contributed by atoms with Crippen molar-refractivity contribution in [3.63, 3.8) is 0 Å². The Morgan fingerprint density at radius 1 is 1.07 bits per heavy atom. The molecule has 4 N–H and O–H groups in total. The first kappa shape index (κ1) is 19.9. The van der Waals surface area contributed by atoms with E-state index in [1.54, 1.807) is 6.07 Å². The average molecular weight is 409 g/mol. The highest BCUT2D eigenvalue weighted by atomic mass is 19.1. The van der Waals surface area contributed by atoms with Gasteiger partial charge in [0.2, 0.25) is 11.9 Å². The van der Waals surface area contributed by atoms with Gasteiger partial charge in [0, 0.05) is 5.69 Å². The van der Waals surface area contributed by atoms with Crippen LogP contribution in [-0.4, -0.2) is 30.7 Å². The van der Waals surface area contributed by atoms with Crippen molar-refractivity contribution in [3.05, 3.63) is 53.8 Å². The minimum Gasteiger partial charge on any atom is -0.465 e. The van der Waals surface area contributed by atoms with Gasteiger partial charge in [-0.05, 0) is 67.1 Å². The van der Waals surface area contributed by atoms with E-state index in [0.717, 1.165) is 49.4 Å². The van der Waals surface area contributed by atoms with Gasteiger partial charge in [-0.25, -0.2) is 14.2 Å². The summed E-state index contributed by atoms with van der Waals surface area (Å²) in [6.45, 7) is 0. The molecule has 4 rings (SSSR count). The lowest BCUT2D eigenvalue weighted by Gasteiger charge is -2.45. The smallest absolute Gasteiger partial charge is 0.337 e. The third kappa shape index (κ3) is 3.60. The number of rotatable bonds is 3. The Morgan fingerprint density at radius 2 is 1.77 bits per heavy atom. The van der Waals surface area contributed by atoms with Crippen molar-refractivity contribution in [1.29, 1.82) is 0 Å². The summed E-state index contributed by atoms with van der Waals surface area (Å²) < 4.78 is 18.7. The van der Waals surface area contributed by atoms with Crippen LogP contribution in [-0.2, 0) is 4.74 Å². The minimum absolute atomic E-state index is 0.162. The molecule has 0 saturated heterocycles. The maximum Gasteiger partial charge on any atom is 0.337 e. The van der Waals surface area contributed by atoms with E-state index >= 15 is 0 Å². The number of hydrogen-bond donors (Lipinski definition) is 2. The fraction of sp³-hybridized carbons (Fsp3) is 0.318. The SMILES string of the molecule is COC(=O)c1cc(F)cc(-c2ccc(N3C(N)=NC(N)=NC34CCCCC4)cc2)c1. The summed E-state index contributed by atoms with van der Waals surface area (Å²) in [5.74, 6) is -0.567. The minimum atomic E-state index is -0.584. The van der Waals surface area contributed by atoms with Gasteiger partial charge in [0.15, 0.2) is 0 Å². The molecule has 8 heteroatoms. The molecule has 0 aromatic heterocycles. The lowest BCUT2D eigenvalue weighted by Crippen LogP contribution is -2.58. The van der Waals surface area contributed by atoms with Crippen LogP contribution in [0.3, 0.4) is 0 Å². The van der Waals surface area contributed by atoms with E-state index in [9.17, 15) is 9.18 Å². The third-order valence-electron chi connectivity index (χ3n) is 5.63. The van der Waals surface area contributed by atoms with Crippen molar-refractivity contribution in [3.8, 4) is 11.1 Å². The molecule has 0 radical (unpaired) electrons. The molecule has 0 unspecified atom stereocenters. The molecule has 1 aliphatic heterocycles. The predicted octanol–water partition coefficient (Wildman–Crippen LogP) is 3.39. The summed E-state index contributed by atoms with van der Waals surface area (Å²) in [6.07, 6.45) is 4.93.